The lowest BCUT2D eigenvalue weighted by atomic mass is 10.1. The van der Waals surface area contributed by atoms with E-state index in [1.54, 1.807) is 24.3 Å². The molecule has 0 aliphatic heterocycles. The SMILES string of the molecule is COc1ccc(C(=O)C(C)OC(=O)[C@H](Cc2ccccc2)NC(=O)OCc2ccccc2)cc1. The van der Waals surface area contributed by atoms with Crippen molar-refractivity contribution in [2.75, 3.05) is 7.11 Å². The minimum Gasteiger partial charge on any atom is -0.497 e. The van der Waals surface area contributed by atoms with Crippen molar-refractivity contribution in [2.24, 2.45) is 0 Å². The second-order valence-corrected chi connectivity index (χ2v) is 7.62. The van der Waals surface area contributed by atoms with Gasteiger partial charge in [-0.25, -0.2) is 9.59 Å². The summed E-state index contributed by atoms with van der Waals surface area (Å²) < 4.78 is 15.8. The highest BCUT2D eigenvalue weighted by Crippen LogP contribution is 2.15. The van der Waals surface area contributed by atoms with Crippen LogP contribution in [0.4, 0.5) is 4.79 Å². The highest BCUT2D eigenvalue weighted by atomic mass is 16.6. The normalized spacial score (nSPS) is 12.2. The van der Waals surface area contributed by atoms with Crippen LogP contribution in [0.5, 0.6) is 5.75 Å². The summed E-state index contributed by atoms with van der Waals surface area (Å²) in [4.78, 5) is 38.1. The van der Waals surface area contributed by atoms with Gasteiger partial charge >= 0.3 is 12.1 Å². The highest BCUT2D eigenvalue weighted by molar-refractivity contribution is 6.00. The molecule has 0 bridgehead atoms. The van der Waals surface area contributed by atoms with Gasteiger partial charge in [-0.2, -0.15) is 0 Å². The molecule has 0 aromatic heterocycles. The van der Waals surface area contributed by atoms with E-state index in [4.69, 9.17) is 14.2 Å². The molecule has 7 nitrogen and oxygen atoms in total. The van der Waals surface area contributed by atoms with Crippen molar-refractivity contribution in [3.8, 4) is 5.75 Å². The van der Waals surface area contributed by atoms with Gasteiger partial charge in [0.1, 0.15) is 18.4 Å². The average molecular weight is 462 g/mol. The van der Waals surface area contributed by atoms with Crippen molar-refractivity contribution in [3.05, 3.63) is 102 Å². The number of ketones is 1. The van der Waals surface area contributed by atoms with Crippen LogP contribution in [-0.4, -0.2) is 37.1 Å². The predicted octanol–water partition coefficient (Wildman–Crippen LogP) is 4.35. The molecule has 34 heavy (non-hydrogen) atoms. The molecule has 0 fully saturated rings. The molecule has 0 radical (unpaired) electrons. The molecule has 1 N–H and O–H groups in total. The second-order valence-electron chi connectivity index (χ2n) is 7.62. The number of alkyl carbamates (subject to hydrolysis) is 1. The Labute approximate surface area is 198 Å². The molecule has 1 unspecified atom stereocenters. The van der Waals surface area contributed by atoms with E-state index in [9.17, 15) is 14.4 Å². The number of amides is 1. The van der Waals surface area contributed by atoms with Crippen molar-refractivity contribution in [2.45, 2.75) is 32.1 Å². The number of methoxy groups -OCH3 is 1. The number of hydrogen-bond donors (Lipinski definition) is 1. The Morgan fingerprint density at radius 2 is 1.41 bits per heavy atom. The van der Waals surface area contributed by atoms with E-state index in [0.717, 1.165) is 11.1 Å². The van der Waals surface area contributed by atoms with E-state index >= 15 is 0 Å². The number of carbonyl (C=O) groups is 3. The van der Waals surface area contributed by atoms with Gasteiger partial charge in [-0.1, -0.05) is 60.7 Å². The Morgan fingerprint density at radius 1 is 0.824 bits per heavy atom. The van der Waals surface area contributed by atoms with E-state index < -0.39 is 24.2 Å². The first-order valence-electron chi connectivity index (χ1n) is 10.9. The third-order valence-corrected chi connectivity index (χ3v) is 5.11. The van der Waals surface area contributed by atoms with Crippen LogP contribution >= 0.6 is 0 Å². The minimum absolute atomic E-state index is 0.0616. The molecular weight excluding hydrogens is 434 g/mol. The van der Waals surface area contributed by atoms with Gasteiger partial charge in [-0.15, -0.1) is 0 Å². The molecule has 3 aromatic carbocycles. The average Bonchev–Trinajstić information content (AvgIpc) is 2.88. The first-order chi connectivity index (χ1) is 16.5. The minimum atomic E-state index is -1.04. The van der Waals surface area contributed by atoms with E-state index in [2.05, 4.69) is 5.32 Å². The zero-order valence-corrected chi connectivity index (χ0v) is 19.1. The van der Waals surface area contributed by atoms with Gasteiger partial charge in [0.15, 0.2) is 6.10 Å². The smallest absolute Gasteiger partial charge is 0.408 e. The third-order valence-electron chi connectivity index (χ3n) is 5.11. The molecule has 1 amide bonds. The van der Waals surface area contributed by atoms with Crippen molar-refractivity contribution in [1.82, 2.24) is 5.32 Å². The maximum atomic E-state index is 12.9. The number of carbonyl (C=O) groups excluding carboxylic acids is 3. The van der Waals surface area contributed by atoms with Crippen LogP contribution < -0.4 is 10.1 Å². The van der Waals surface area contributed by atoms with Crippen LogP contribution in [0.3, 0.4) is 0 Å². The maximum absolute atomic E-state index is 12.9. The molecular formula is C27H27NO6. The van der Waals surface area contributed by atoms with Crippen molar-refractivity contribution in [1.29, 1.82) is 0 Å². The monoisotopic (exact) mass is 461 g/mol. The molecule has 0 aliphatic carbocycles. The molecule has 2 atom stereocenters. The van der Waals surface area contributed by atoms with E-state index in [1.807, 2.05) is 60.7 Å². The summed E-state index contributed by atoms with van der Waals surface area (Å²) in [5.74, 6) is -0.474. The van der Waals surface area contributed by atoms with Gasteiger partial charge in [0, 0.05) is 12.0 Å². The van der Waals surface area contributed by atoms with Crippen molar-refractivity contribution < 1.29 is 28.6 Å². The van der Waals surface area contributed by atoms with Gasteiger partial charge in [0.25, 0.3) is 0 Å². The number of hydrogen-bond acceptors (Lipinski definition) is 6. The fraction of sp³-hybridized carbons (Fsp3) is 0.222. The molecule has 3 rings (SSSR count). The second kappa shape index (κ2) is 12.2. The van der Waals surface area contributed by atoms with Gasteiger partial charge in [0.2, 0.25) is 5.78 Å². The lowest BCUT2D eigenvalue weighted by molar-refractivity contribution is -0.148. The summed E-state index contributed by atoms with van der Waals surface area (Å²) >= 11 is 0. The summed E-state index contributed by atoms with van der Waals surface area (Å²) in [6.45, 7) is 1.56. The number of Topliss-reactive ketones (excluding diaryl/α,β-unsaturated/α-hetero) is 1. The summed E-state index contributed by atoms with van der Waals surface area (Å²) in [6.07, 6.45) is -1.61. The Bertz CT molecular complexity index is 1080. The molecule has 7 heteroatoms. The standard InChI is InChI=1S/C27H27NO6/c1-19(25(29)22-13-15-23(32-2)16-14-22)34-26(30)24(17-20-9-5-3-6-10-20)28-27(31)33-18-21-11-7-4-8-12-21/h3-16,19,24H,17-18H2,1-2H3,(H,28,31)/t19?,24-/m0/s1. The van der Waals surface area contributed by atoms with Crippen molar-refractivity contribution in [3.63, 3.8) is 0 Å². The molecule has 0 spiro atoms. The number of benzene rings is 3. The summed E-state index contributed by atoms with van der Waals surface area (Å²) in [5, 5.41) is 2.57. The quantitative estimate of drug-likeness (QED) is 0.357. The number of esters is 1. The number of nitrogens with one attached hydrogen (secondary N) is 1. The Hall–Kier alpha value is -4.13. The van der Waals surface area contributed by atoms with E-state index in [0.29, 0.717) is 11.3 Å². The Kier molecular flexibility index (Phi) is 8.80. The van der Waals surface area contributed by atoms with Crippen molar-refractivity contribution >= 4 is 17.8 Å². The number of ether oxygens (including phenoxy) is 3. The Morgan fingerprint density at radius 3 is 2.00 bits per heavy atom. The fourth-order valence-electron chi connectivity index (χ4n) is 3.25. The number of rotatable bonds is 10. The summed E-state index contributed by atoms with van der Waals surface area (Å²) in [5.41, 5.74) is 2.02. The van der Waals surface area contributed by atoms with Crippen LogP contribution in [0, 0.1) is 0 Å². The first kappa shape index (κ1) is 24.5. The molecule has 0 saturated carbocycles. The van der Waals surface area contributed by atoms with E-state index in [1.165, 1.54) is 14.0 Å². The largest absolute Gasteiger partial charge is 0.497 e. The lowest BCUT2D eigenvalue weighted by Gasteiger charge is -2.20. The third kappa shape index (κ3) is 7.20. The maximum Gasteiger partial charge on any atom is 0.408 e. The predicted molar refractivity (Wildman–Crippen MR) is 127 cm³/mol. The van der Waals surface area contributed by atoms with Gasteiger partial charge < -0.3 is 19.5 Å². The fourth-order valence-corrected chi connectivity index (χ4v) is 3.25. The van der Waals surface area contributed by atoms with Gasteiger partial charge in [-0.3, -0.25) is 4.79 Å². The van der Waals surface area contributed by atoms with Crippen LogP contribution in [-0.2, 0) is 27.3 Å². The highest BCUT2D eigenvalue weighted by Gasteiger charge is 2.28. The van der Waals surface area contributed by atoms with E-state index in [-0.39, 0.29) is 18.8 Å². The molecule has 0 heterocycles. The van der Waals surface area contributed by atoms with Crippen LogP contribution in [0.15, 0.2) is 84.9 Å². The molecule has 176 valence electrons. The van der Waals surface area contributed by atoms with Crippen LogP contribution in [0.2, 0.25) is 0 Å². The molecule has 3 aromatic rings. The lowest BCUT2D eigenvalue weighted by Crippen LogP contribution is -2.45. The topological polar surface area (TPSA) is 90.9 Å². The van der Waals surface area contributed by atoms with Gasteiger partial charge in [-0.05, 0) is 42.3 Å². The Balaban J connectivity index is 1.65. The summed E-state index contributed by atoms with van der Waals surface area (Å²) in [6, 6.07) is 23.9. The van der Waals surface area contributed by atoms with Crippen LogP contribution in [0.25, 0.3) is 0 Å². The zero-order valence-electron chi connectivity index (χ0n) is 19.1. The zero-order chi connectivity index (χ0) is 24.3. The van der Waals surface area contributed by atoms with Crippen LogP contribution in [0.1, 0.15) is 28.4 Å². The van der Waals surface area contributed by atoms with Gasteiger partial charge in [0.05, 0.1) is 7.11 Å². The first-order valence-corrected chi connectivity index (χ1v) is 10.9. The molecule has 0 aliphatic rings. The summed E-state index contributed by atoms with van der Waals surface area (Å²) in [7, 11) is 1.53. The molecule has 0 saturated heterocycles.